The molecule has 0 radical (unpaired) electrons. The Hall–Kier alpha value is -2.13. The summed E-state index contributed by atoms with van der Waals surface area (Å²) in [7, 11) is 0. The first-order valence-electron chi connectivity index (χ1n) is 5.67. The minimum atomic E-state index is -0.0134. The largest absolute Gasteiger partial charge is 0.457 e. The highest BCUT2D eigenvalue weighted by Crippen LogP contribution is 2.22. The molecule has 0 aliphatic heterocycles. The van der Waals surface area contributed by atoms with E-state index in [1.54, 1.807) is 30.3 Å². The van der Waals surface area contributed by atoms with Gasteiger partial charge in [-0.25, -0.2) is 0 Å². The molecular formula is C15H14O3. The van der Waals surface area contributed by atoms with Gasteiger partial charge in [-0.05, 0) is 48.9 Å². The van der Waals surface area contributed by atoms with Crippen molar-refractivity contribution in [1.82, 2.24) is 0 Å². The summed E-state index contributed by atoms with van der Waals surface area (Å²) in [5.41, 5.74) is 1.46. The Balaban J connectivity index is 2.15. The van der Waals surface area contributed by atoms with E-state index in [4.69, 9.17) is 9.84 Å². The van der Waals surface area contributed by atoms with Crippen LogP contribution in [0.15, 0.2) is 48.5 Å². The van der Waals surface area contributed by atoms with Crippen molar-refractivity contribution in [3.05, 3.63) is 59.7 Å². The normalized spacial score (nSPS) is 10.1. The first-order valence-corrected chi connectivity index (χ1v) is 5.67. The highest BCUT2D eigenvalue weighted by atomic mass is 16.5. The van der Waals surface area contributed by atoms with Crippen LogP contribution < -0.4 is 4.74 Å². The molecule has 3 heteroatoms. The Kier molecular flexibility index (Phi) is 3.75. The number of Topliss-reactive ketones (excluding diaryl/α,β-unsaturated/α-hetero) is 1. The molecule has 0 heterocycles. The zero-order valence-electron chi connectivity index (χ0n) is 10.1. The van der Waals surface area contributed by atoms with Gasteiger partial charge in [-0.3, -0.25) is 4.79 Å². The predicted molar refractivity (Wildman–Crippen MR) is 68.9 cm³/mol. The van der Waals surface area contributed by atoms with Crippen molar-refractivity contribution in [2.75, 3.05) is 0 Å². The average molecular weight is 242 g/mol. The molecule has 92 valence electrons. The first-order chi connectivity index (χ1) is 8.69. The standard InChI is InChI=1S/C15H14O3/c1-11(17)13-5-7-14(8-6-13)18-15-4-2-3-12(9-15)10-16/h2-9,16H,10H2,1H3. The molecule has 2 rings (SSSR count). The number of aliphatic hydroxyl groups excluding tert-OH is 1. The van der Waals surface area contributed by atoms with E-state index in [2.05, 4.69) is 0 Å². The summed E-state index contributed by atoms with van der Waals surface area (Å²) in [6.45, 7) is 1.51. The quantitative estimate of drug-likeness (QED) is 0.837. The van der Waals surface area contributed by atoms with E-state index in [9.17, 15) is 4.79 Å². The van der Waals surface area contributed by atoms with Gasteiger partial charge in [-0.2, -0.15) is 0 Å². The second-order valence-electron chi connectivity index (χ2n) is 3.99. The van der Waals surface area contributed by atoms with Crippen LogP contribution in [0.4, 0.5) is 0 Å². The van der Waals surface area contributed by atoms with E-state index in [1.165, 1.54) is 6.92 Å². The van der Waals surface area contributed by atoms with Crippen LogP contribution in [-0.2, 0) is 6.61 Å². The minimum absolute atomic E-state index is 0.0134. The van der Waals surface area contributed by atoms with Gasteiger partial charge >= 0.3 is 0 Å². The van der Waals surface area contributed by atoms with Gasteiger partial charge in [0.2, 0.25) is 0 Å². The van der Waals surface area contributed by atoms with Crippen LogP contribution in [0.2, 0.25) is 0 Å². The molecule has 0 aromatic heterocycles. The van der Waals surface area contributed by atoms with Crippen LogP contribution in [0.3, 0.4) is 0 Å². The summed E-state index contributed by atoms with van der Waals surface area (Å²) in [6.07, 6.45) is 0. The van der Waals surface area contributed by atoms with Gasteiger partial charge < -0.3 is 9.84 Å². The summed E-state index contributed by atoms with van der Waals surface area (Å²) in [5, 5.41) is 9.03. The Morgan fingerprint density at radius 1 is 1.11 bits per heavy atom. The maximum atomic E-state index is 11.1. The summed E-state index contributed by atoms with van der Waals surface area (Å²) in [4.78, 5) is 11.1. The van der Waals surface area contributed by atoms with Crippen molar-refractivity contribution < 1.29 is 14.6 Å². The molecule has 1 N–H and O–H groups in total. The van der Waals surface area contributed by atoms with E-state index in [-0.39, 0.29) is 12.4 Å². The second kappa shape index (κ2) is 5.47. The fourth-order valence-corrected chi connectivity index (χ4v) is 1.60. The number of hydrogen-bond acceptors (Lipinski definition) is 3. The van der Waals surface area contributed by atoms with Gasteiger partial charge in [0, 0.05) is 5.56 Å². The third-order valence-electron chi connectivity index (χ3n) is 2.58. The van der Waals surface area contributed by atoms with Crippen LogP contribution in [-0.4, -0.2) is 10.9 Å². The van der Waals surface area contributed by atoms with Gasteiger partial charge in [0.25, 0.3) is 0 Å². The second-order valence-corrected chi connectivity index (χ2v) is 3.99. The van der Waals surface area contributed by atoms with Crippen LogP contribution in [0.1, 0.15) is 22.8 Å². The van der Waals surface area contributed by atoms with Crippen molar-refractivity contribution in [2.24, 2.45) is 0 Å². The SMILES string of the molecule is CC(=O)c1ccc(Oc2cccc(CO)c2)cc1. The van der Waals surface area contributed by atoms with Crippen molar-refractivity contribution in [2.45, 2.75) is 13.5 Å². The highest BCUT2D eigenvalue weighted by molar-refractivity contribution is 5.94. The first kappa shape index (κ1) is 12.3. The molecule has 3 nitrogen and oxygen atoms in total. The number of carbonyl (C=O) groups excluding carboxylic acids is 1. The van der Waals surface area contributed by atoms with Crippen molar-refractivity contribution in [1.29, 1.82) is 0 Å². The maximum absolute atomic E-state index is 11.1. The lowest BCUT2D eigenvalue weighted by atomic mass is 10.1. The van der Waals surface area contributed by atoms with Gasteiger partial charge in [0.1, 0.15) is 11.5 Å². The molecule has 0 unspecified atom stereocenters. The Labute approximate surface area is 106 Å². The number of benzene rings is 2. The topological polar surface area (TPSA) is 46.5 Å². The van der Waals surface area contributed by atoms with Crippen molar-refractivity contribution in [3.63, 3.8) is 0 Å². The Morgan fingerprint density at radius 2 is 1.83 bits per heavy atom. The molecule has 0 spiro atoms. The number of hydrogen-bond donors (Lipinski definition) is 1. The van der Waals surface area contributed by atoms with Crippen molar-refractivity contribution in [3.8, 4) is 11.5 Å². The van der Waals surface area contributed by atoms with Crippen molar-refractivity contribution >= 4 is 5.78 Å². The fraction of sp³-hybridized carbons (Fsp3) is 0.133. The zero-order chi connectivity index (χ0) is 13.0. The molecule has 2 aromatic rings. The van der Waals surface area contributed by atoms with Gasteiger partial charge in [-0.1, -0.05) is 12.1 Å². The highest BCUT2D eigenvalue weighted by Gasteiger charge is 2.01. The van der Waals surface area contributed by atoms with Gasteiger partial charge in [0.05, 0.1) is 6.61 Å². The lowest BCUT2D eigenvalue weighted by molar-refractivity contribution is 0.101. The van der Waals surface area contributed by atoms with Crippen LogP contribution in [0.25, 0.3) is 0 Å². The molecule has 0 atom stereocenters. The molecule has 0 bridgehead atoms. The Bertz CT molecular complexity index is 544. The van der Waals surface area contributed by atoms with Gasteiger partial charge in [0.15, 0.2) is 5.78 Å². The van der Waals surface area contributed by atoms with E-state index >= 15 is 0 Å². The van der Waals surface area contributed by atoms with E-state index in [0.717, 1.165) is 5.56 Å². The monoisotopic (exact) mass is 242 g/mol. The van der Waals surface area contributed by atoms with E-state index in [1.807, 2.05) is 18.2 Å². The molecule has 0 saturated carbocycles. The molecule has 0 amide bonds. The van der Waals surface area contributed by atoms with Crippen LogP contribution in [0.5, 0.6) is 11.5 Å². The Morgan fingerprint density at radius 3 is 2.44 bits per heavy atom. The summed E-state index contributed by atoms with van der Waals surface area (Å²) in [6, 6.07) is 14.2. The summed E-state index contributed by atoms with van der Waals surface area (Å²) >= 11 is 0. The molecule has 0 saturated heterocycles. The number of rotatable bonds is 4. The lowest BCUT2D eigenvalue weighted by Gasteiger charge is -2.07. The van der Waals surface area contributed by atoms with Crippen LogP contribution in [0, 0.1) is 0 Å². The fourth-order valence-electron chi connectivity index (χ4n) is 1.60. The number of ketones is 1. The summed E-state index contributed by atoms with van der Waals surface area (Å²) < 4.78 is 5.63. The smallest absolute Gasteiger partial charge is 0.159 e. The predicted octanol–water partition coefficient (Wildman–Crippen LogP) is 3.17. The maximum Gasteiger partial charge on any atom is 0.159 e. The molecule has 0 fully saturated rings. The number of carbonyl (C=O) groups is 1. The third kappa shape index (κ3) is 2.96. The van der Waals surface area contributed by atoms with Gasteiger partial charge in [-0.15, -0.1) is 0 Å². The molecule has 18 heavy (non-hydrogen) atoms. The molecule has 0 aliphatic rings. The van der Waals surface area contributed by atoms with E-state index < -0.39 is 0 Å². The van der Waals surface area contributed by atoms with E-state index in [0.29, 0.717) is 17.1 Å². The minimum Gasteiger partial charge on any atom is -0.457 e. The molecule has 2 aromatic carbocycles. The zero-order valence-corrected chi connectivity index (χ0v) is 10.1. The lowest BCUT2D eigenvalue weighted by Crippen LogP contribution is -1.92. The van der Waals surface area contributed by atoms with Crippen LogP contribution >= 0.6 is 0 Å². The average Bonchev–Trinajstić information content (AvgIpc) is 2.39. The summed E-state index contributed by atoms with van der Waals surface area (Å²) in [5.74, 6) is 1.36. The number of ether oxygens (including phenoxy) is 1. The third-order valence-corrected chi connectivity index (χ3v) is 2.58. The number of aliphatic hydroxyl groups is 1. The molecular weight excluding hydrogens is 228 g/mol. The molecule has 0 aliphatic carbocycles.